The van der Waals surface area contributed by atoms with Crippen molar-refractivity contribution >= 4 is 46.9 Å². The molecule has 5 amide bonds. The van der Waals surface area contributed by atoms with Crippen molar-refractivity contribution in [3.05, 3.63) is 77.7 Å². The monoisotopic (exact) mass is 610 g/mol. The van der Waals surface area contributed by atoms with Crippen LogP contribution in [-0.2, 0) is 20.8 Å². The van der Waals surface area contributed by atoms with Gasteiger partial charge in [0.2, 0.25) is 11.8 Å². The molecule has 3 atom stereocenters. The lowest BCUT2D eigenvalue weighted by Crippen LogP contribution is -2.54. The Labute approximate surface area is 255 Å². The van der Waals surface area contributed by atoms with Crippen LogP contribution in [0.2, 0.25) is 0 Å². The van der Waals surface area contributed by atoms with E-state index in [1.165, 1.54) is 25.7 Å². The number of likely N-dealkylation sites (N-methyl/N-ethyl adjacent to an activating group) is 1. The highest BCUT2D eigenvalue weighted by Gasteiger charge is 2.36. The first-order valence-corrected chi connectivity index (χ1v) is 15.5. The lowest BCUT2D eigenvalue weighted by atomic mass is 9.96. The Bertz CT molecular complexity index is 1320. The smallest absolute Gasteiger partial charge is 0.349 e. The first-order chi connectivity index (χ1) is 20.1. The number of carbonyl (C=O) groups excluding carboxylic acids is 4. The third kappa shape index (κ3) is 9.71. The van der Waals surface area contributed by atoms with E-state index in [-0.39, 0.29) is 23.3 Å². The summed E-state index contributed by atoms with van der Waals surface area (Å²) in [6.07, 6.45) is 1.10. The lowest BCUT2D eigenvalue weighted by molar-refractivity contribution is -0.158. The van der Waals surface area contributed by atoms with Crippen molar-refractivity contribution in [2.45, 2.75) is 56.3 Å². The van der Waals surface area contributed by atoms with Gasteiger partial charge in [-0.3, -0.25) is 19.6 Å². The predicted molar refractivity (Wildman–Crippen MR) is 166 cm³/mol. The van der Waals surface area contributed by atoms with E-state index >= 15 is 0 Å². The molecule has 0 fully saturated rings. The van der Waals surface area contributed by atoms with Crippen molar-refractivity contribution < 1.29 is 24.4 Å². The number of hydroxylamine groups is 2. The maximum atomic E-state index is 13.7. The normalized spacial score (nSPS) is 13.1. The Morgan fingerprint density at radius 2 is 1.62 bits per heavy atom. The number of nitrogens with one attached hydrogen (secondary N) is 3. The second-order valence-corrected chi connectivity index (χ2v) is 12.4. The van der Waals surface area contributed by atoms with Gasteiger partial charge in [-0.2, -0.15) is 0 Å². The molecule has 4 N–H and O–H groups in total. The number of benzene rings is 2. The van der Waals surface area contributed by atoms with E-state index in [0.29, 0.717) is 12.8 Å². The van der Waals surface area contributed by atoms with Crippen LogP contribution in [0.5, 0.6) is 0 Å². The van der Waals surface area contributed by atoms with Crippen molar-refractivity contribution in [2.75, 3.05) is 7.05 Å². The molecule has 0 aliphatic heterocycles. The van der Waals surface area contributed by atoms with Gasteiger partial charge < -0.3 is 16.0 Å². The summed E-state index contributed by atoms with van der Waals surface area (Å²) < 4.78 is 0. The Morgan fingerprint density at radius 1 is 0.929 bits per heavy atom. The Balaban J connectivity index is 1.81. The SMILES string of the molecule is CNC(=O)[C@H](Cc1ccccc1)NC(=O)N(O)C(=O)[C@H](CCC(C)C)C(NC(C)=O)Sc1ccc(-c2cccs2)cc1. The zero-order valence-electron chi connectivity index (χ0n) is 24.2. The molecule has 0 radical (unpaired) electrons. The van der Waals surface area contributed by atoms with E-state index in [9.17, 15) is 24.4 Å². The van der Waals surface area contributed by atoms with Crippen molar-refractivity contribution in [3.63, 3.8) is 0 Å². The van der Waals surface area contributed by atoms with E-state index in [1.54, 1.807) is 11.3 Å². The van der Waals surface area contributed by atoms with Gasteiger partial charge in [0.1, 0.15) is 6.04 Å². The van der Waals surface area contributed by atoms with Gasteiger partial charge in [-0.05, 0) is 47.0 Å². The lowest BCUT2D eigenvalue weighted by Gasteiger charge is -2.29. The van der Waals surface area contributed by atoms with Crippen LogP contribution in [0.3, 0.4) is 0 Å². The summed E-state index contributed by atoms with van der Waals surface area (Å²) in [5, 5.41) is 19.9. The summed E-state index contributed by atoms with van der Waals surface area (Å²) in [4.78, 5) is 53.4. The van der Waals surface area contributed by atoms with Gasteiger partial charge in [0.05, 0.1) is 11.3 Å². The maximum Gasteiger partial charge on any atom is 0.349 e. The molecular formula is C31H38N4O5S2. The Morgan fingerprint density at radius 3 is 2.19 bits per heavy atom. The maximum absolute atomic E-state index is 13.7. The number of imide groups is 1. The standard InChI is InChI=1S/C31H38N4O5S2/c1-20(2)12-17-25(29(33-21(3)36)42-24-15-13-23(14-16-24)27-11-8-18-41-27)30(38)35(40)31(39)34-26(28(37)32-4)19-22-9-6-5-7-10-22/h5-11,13-16,18,20,25-26,29,40H,12,17,19H2,1-4H3,(H,32,37)(H,33,36)(H,34,39)/t25-,26+,29?/m1/s1. The topological polar surface area (TPSA) is 128 Å². The minimum atomic E-state index is -1.12. The summed E-state index contributed by atoms with van der Waals surface area (Å²) in [6.45, 7) is 5.37. The molecule has 1 unspecified atom stereocenters. The second-order valence-electron chi connectivity index (χ2n) is 10.3. The van der Waals surface area contributed by atoms with Gasteiger partial charge in [0.15, 0.2) is 0 Å². The second kappa shape index (κ2) is 16.1. The molecule has 224 valence electrons. The van der Waals surface area contributed by atoms with Crippen LogP contribution in [0.4, 0.5) is 4.79 Å². The number of hydrogen-bond acceptors (Lipinski definition) is 7. The van der Waals surface area contributed by atoms with Crippen LogP contribution in [-0.4, -0.2) is 52.5 Å². The van der Waals surface area contributed by atoms with Crippen LogP contribution < -0.4 is 16.0 Å². The van der Waals surface area contributed by atoms with E-state index in [2.05, 4.69) is 16.0 Å². The van der Waals surface area contributed by atoms with Gasteiger partial charge in [0.25, 0.3) is 5.91 Å². The fraction of sp³-hybridized carbons (Fsp3) is 0.355. The highest BCUT2D eigenvalue weighted by atomic mass is 32.2. The number of hydrogen-bond donors (Lipinski definition) is 4. The average molecular weight is 611 g/mol. The van der Waals surface area contributed by atoms with Crippen molar-refractivity contribution in [2.24, 2.45) is 11.8 Å². The molecule has 11 heteroatoms. The summed E-state index contributed by atoms with van der Waals surface area (Å²) in [5.41, 5.74) is 1.85. The highest BCUT2D eigenvalue weighted by Crippen LogP contribution is 2.33. The van der Waals surface area contributed by atoms with Gasteiger partial charge >= 0.3 is 6.03 Å². The summed E-state index contributed by atoms with van der Waals surface area (Å²) >= 11 is 2.91. The molecule has 0 aliphatic carbocycles. The number of rotatable bonds is 13. The summed E-state index contributed by atoms with van der Waals surface area (Å²) in [7, 11) is 1.44. The minimum absolute atomic E-state index is 0.0290. The molecule has 1 heterocycles. The molecule has 2 aromatic carbocycles. The molecular weight excluding hydrogens is 572 g/mol. The predicted octanol–water partition coefficient (Wildman–Crippen LogP) is 5.31. The Kier molecular flexibility index (Phi) is 12.6. The molecule has 0 aliphatic rings. The van der Waals surface area contributed by atoms with Crippen molar-refractivity contribution in [1.82, 2.24) is 21.0 Å². The number of thiophene rings is 1. The third-order valence-corrected chi connectivity index (χ3v) is 8.71. The van der Waals surface area contributed by atoms with E-state index in [0.717, 1.165) is 20.9 Å². The molecule has 3 aromatic rings. The van der Waals surface area contributed by atoms with Crippen LogP contribution in [0.25, 0.3) is 10.4 Å². The molecule has 1 aromatic heterocycles. The van der Waals surface area contributed by atoms with Crippen molar-refractivity contribution in [1.29, 1.82) is 0 Å². The minimum Gasteiger partial charge on any atom is -0.357 e. The number of thioether (sulfide) groups is 1. The molecule has 0 saturated heterocycles. The zero-order chi connectivity index (χ0) is 30.6. The first-order valence-electron chi connectivity index (χ1n) is 13.8. The van der Waals surface area contributed by atoms with E-state index in [1.807, 2.05) is 86.0 Å². The largest absolute Gasteiger partial charge is 0.357 e. The first kappa shape index (κ1) is 32.8. The summed E-state index contributed by atoms with van der Waals surface area (Å²) in [6, 6.07) is 18.7. The molecule has 9 nitrogen and oxygen atoms in total. The molecule has 3 rings (SSSR count). The highest BCUT2D eigenvalue weighted by molar-refractivity contribution is 8.00. The number of urea groups is 1. The molecule has 0 saturated carbocycles. The molecule has 42 heavy (non-hydrogen) atoms. The van der Waals surface area contributed by atoms with E-state index in [4.69, 9.17) is 0 Å². The van der Waals surface area contributed by atoms with Crippen LogP contribution in [0.15, 0.2) is 77.0 Å². The van der Waals surface area contributed by atoms with Crippen molar-refractivity contribution in [3.8, 4) is 10.4 Å². The van der Waals surface area contributed by atoms with Crippen LogP contribution >= 0.6 is 23.1 Å². The third-order valence-electron chi connectivity index (χ3n) is 6.55. The number of nitrogens with zero attached hydrogens (tertiary/aromatic N) is 1. The zero-order valence-corrected chi connectivity index (χ0v) is 25.8. The Hall–Kier alpha value is -3.67. The number of amides is 5. The van der Waals surface area contributed by atoms with Gasteiger partial charge in [-0.15, -0.1) is 28.2 Å². The molecule has 0 bridgehead atoms. The van der Waals surface area contributed by atoms with E-state index < -0.39 is 35.2 Å². The van der Waals surface area contributed by atoms with Crippen LogP contribution in [0, 0.1) is 11.8 Å². The van der Waals surface area contributed by atoms with Crippen LogP contribution in [0.1, 0.15) is 39.2 Å². The molecule has 0 spiro atoms. The van der Waals surface area contributed by atoms with Gasteiger partial charge in [-0.1, -0.05) is 68.8 Å². The summed E-state index contributed by atoms with van der Waals surface area (Å²) in [5.74, 6) is -2.38. The average Bonchev–Trinajstić information content (AvgIpc) is 3.51. The fourth-order valence-electron chi connectivity index (χ4n) is 4.32. The van der Waals surface area contributed by atoms with Gasteiger partial charge in [-0.25, -0.2) is 4.79 Å². The number of carbonyl (C=O) groups is 4. The quantitative estimate of drug-likeness (QED) is 0.0900. The fourth-order valence-corrected chi connectivity index (χ4v) is 6.28. The van der Waals surface area contributed by atoms with Gasteiger partial charge in [0, 0.05) is 30.2 Å².